The molecule has 0 aliphatic carbocycles. The van der Waals surface area contributed by atoms with E-state index in [9.17, 15) is 9.59 Å². The fraction of sp³-hybridized carbons (Fsp3) is 0.407. The smallest absolute Gasteiger partial charge is 0.327 e. The summed E-state index contributed by atoms with van der Waals surface area (Å²) in [6, 6.07) is 15.6. The number of carbonyl (C=O) groups is 2. The number of imide groups is 1. The van der Waals surface area contributed by atoms with Crippen molar-refractivity contribution in [3.8, 4) is 11.5 Å². The highest BCUT2D eigenvalue weighted by Gasteiger charge is 2.56. The van der Waals surface area contributed by atoms with E-state index < -0.39 is 5.54 Å². The summed E-state index contributed by atoms with van der Waals surface area (Å²) < 4.78 is 10.6. The third-order valence-electron chi connectivity index (χ3n) is 7.00. The van der Waals surface area contributed by atoms with Gasteiger partial charge in [-0.25, -0.2) is 4.79 Å². The van der Waals surface area contributed by atoms with Crippen LogP contribution < -0.4 is 9.47 Å². The Balaban J connectivity index is 1.39. The molecule has 0 saturated carbocycles. The van der Waals surface area contributed by atoms with E-state index in [1.165, 1.54) is 4.90 Å². The summed E-state index contributed by atoms with van der Waals surface area (Å²) in [5.41, 5.74) is 1.42. The molecule has 4 rings (SSSR count). The van der Waals surface area contributed by atoms with Gasteiger partial charge in [-0.3, -0.25) is 14.6 Å². The van der Waals surface area contributed by atoms with E-state index in [0.29, 0.717) is 25.8 Å². The number of hydrogen-bond acceptors (Lipinski definition) is 5. The Bertz CT molecular complexity index is 1040. The molecule has 0 N–H and O–H groups in total. The predicted molar refractivity (Wildman–Crippen MR) is 132 cm³/mol. The first-order valence-corrected chi connectivity index (χ1v) is 11.7. The standard InChI is InChI=1S/C27H33N3O4/c1-28-25(31)27(30(26(28)32)18-14-21-10-12-23(33-2)13-11-21)15-19-29(20-16-27)17-6-8-22-7-4-5-9-24(22)34-3/h4-13H,14-20H2,1-3H3/b8-6+. The van der Waals surface area contributed by atoms with Crippen LogP contribution in [-0.2, 0) is 11.2 Å². The molecule has 0 atom stereocenters. The van der Waals surface area contributed by atoms with Crippen molar-refractivity contribution in [1.82, 2.24) is 14.7 Å². The minimum absolute atomic E-state index is 0.0727. The molecule has 0 unspecified atom stereocenters. The number of likely N-dealkylation sites (N-methyl/N-ethyl adjacent to an activating group) is 1. The zero-order valence-corrected chi connectivity index (χ0v) is 20.2. The van der Waals surface area contributed by atoms with Gasteiger partial charge in [0.2, 0.25) is 0 Å². The average Bonchev–Trinajstić information content (AvgIpc) is 3.05. The molecule has 180 valence electrons. The Kier molecular flexibility index (Phi) is 7.22. The summed E-state index contributed by atoms with van der Waals surface area (Å²) in [5, 5.41) is 0. The fourth-order valence-electron chi connectivity index (χ4n) is 4.94. The van der Waals surface area contributed by atoms with Gasteiger partial charge in [-0.2, -0.15) is 0 Å². The van der Waals surface area contributed by atoms with Crippen LogP contribution in [-0.4, -0.2) is 79.6 Å². The van der Waals surface area contributed by atoms with Crippen molar-refractivity contribution >= 4 is 18.0 Å². The highest BCUT2D eigenvalue weighted by atomic mass is 16.5. The van der Waals surface area contributed by atoms with Crippen molar-refractivity contribution in [2.75, 3.05) is 47.4 Å². The van der Waals surface area contributed by atoms with Gasteiger partial charge in [0, 0.05) is 38.8 Å². The zero-order chi connectivity index (χ0) is 24.1. The van der Waals surface area contributed by atoms with Crippen molar-refractivity contribution in [1.29, 1.82) is 0 Å². The van der Waals surface area contributed by atoms with Gasteiger partial charge in [0.25, 0.3) is 5.91 Å². The number of hydrogen-bond donors (Lipinski definition) is 0. The molecular weight excluding hydrogens is 430 g/mol. The topological polar surface area (TPSA) is 62.3 Å². The molecule has 2 aliphatic heterocycles. The van der Waals surface area contributed by atoms with Gasteiger partial charge in [0.1, 0.15) is 17.0 Å². The van der Waals surface area contributed by atoms with Crippen LogP contribution in [0.3, 0.4) is 0 Å². The van der Waals surface area contributed by atoms with E-state index in [1.807, 2.05) is 53.4 Å². The maximum absolute atomic E-state index is 13.2. The van der Waals surface area contributed by atoms with Gasteiger partial charge in [0.15, 0.2) is 0 Å². The van der Waals surface area contributed by atoms with Crippen LogP contribution in [0.15, 0.2) is 54.6 Å². The minimum Gasteiger partial charge on any atom is -0.497 e. The summed E-state index contributed by atoms with van der Waals surface area (Å²) in [6.45, 7) is 2.84. The number of nitrogens with zero attached hydrogens (tertiary/aromatic N) is 3. The summed E-state index contributed by atoms with van der Waals surface area (Å²) in [4.78, 5) is 31.6. The van der Waals surface area contributed by atoms with Gasteiger partial charge in [-0.05, 0) is 43.0 Å². The molecule has 2 aromatic carbocycles. The average molecular weight is 464 g/mol. The maximum atomic E-state index is 13.2. The lowest BCUT2D eigenvalue weighted by atomic mass is 9.85. The van der Waals surface area contributed by atoms with Crippen LogP contribution in [0.4, 0.5) is 4.79 Å². The lowest BCUT2D eigenvalue weighted by molar-refractivity contribution is -0.134. The second-order valence-corrected chi connectivity index (χ2v) is 8.87. The largest absolute Gasteiger partial charge is 0.497 e. The molecule has 3 amide bonds. The zero-order valence-electron chi connectivity index (χ0n) is 20.2. The Labute approximate surface area is 201 Å². The molecule has 2 aliphatic rings. The summed E-state index contributed by atoms with van der Waals surface area (Å²) >= 11 is 0. The number of rotatable bonds is 8. The Morgan fingerprint density at radius 2 is 1.68 bits per heavy atom. The Hall–Kier alpha value is -3.32. The van der Waals surface area contributed by atoms with Gasteiger partial charge >= 0.3 is 6.03 Å². The van der Waals surface area contributed by atoms with Gasteiger partial charge in [-0.15, -0.1) is 0 Å². The number of piperidine rings is 1. The molecule has 2 heterocycles. The monoisotopic (exact) mass is 463 g/mol. The molecule has 2 saturated heterocycles. The molecular formula is C27H33N3O4. The first-order chi connectivity index (χ1) is 16.5. The van der Waals surface area contributed by atoms with Crippen molar-refractivity contribution in [3.63, 3.8) is 0 Å². The molecule has 7 nitrogen and oxygen atoms in total. The van der Waals surface area contributed by atoms with E-state index in [4.69, 9.17) is 9.47 Å². The Morgan fingerprint density at radius 1 is 0.971 bits per heavy atom. The van der Waals surface area contributed by atoms with Gasteiger partial charge < -0.3 is 14.4 Å². The number of amides is 3. The molecule has 7 heteroatoms. The van der Waals surface area contributed by atoms with Crippen LogP contribution in [0.1, 0.15) is 24.0 Å². The summed E-state index contributed by atoms with van der Waals surface area (Å²) in [7, 11) is 4.92. The van der Waals surface area contributed by atoms with E-state index >= 15 is 0 Å². The van der Waals surface area contributed by atoms with Crippen molar-refractivity contribution in [2.24, 2.45) is 0 Å². The van der Waals surface area contributed by atoms with E-state index in [-0.39, 0.29) is 11.9 Å². The molecule has 2 fully saturated rings. The van der Waals surface area contributed by atoms with Crippen LogP contribution in [0.2, 0.25) is 0 Å². The summed E-state index contributed by atoms with van der Waals surface area (Å²) in [6.07, 6.45) is 6.19. The second kappa shape index (κ2) is 10.3. The van der Waals surface area contributed by atoms with Crippen LogP contribution >= 0.6 is 0 Å². The van der Waals surface area contributed by atoms with Crippen molar-refractivity contribution in [3.05, 3.63) is 65.7 Å². The second-order valence-electron chi connectivity index (χ2n) is 8.87. The molecule has 2 aromatic rings. The number of carbonyl (C=O) groups excluding carboxylic acids is 2. The Morgan fingerprint density at radius 3 is 2.35 bits per heavy atom. The van der Waals surface area contributed by atoms with Gasteiger partial charge in [0.05, 0.1) is 14.2 Å². The quantitative estimate of drug-likeness (QED) is 0.559. The summed E-state index contributed by atoms with van der Waals surface area (Å²) in [5.74, 6) is 1.58. The minimum atomic E-state index is -0.735. The SMILES string of the molecule is COc1ccc(CCN2C(=O)N(C)C(=O)C23CCN(C/C=C/c2ccccc2OC)CC3)cc1. The molecule has 0 radical (unpaired) electrons. The van der Waals surface area contributed by atoms with Crippen molar-refractivity contribution in [2.45, 2.75) is 24.8 Å². The van der Waals surface area contributed by atoms with Crippen molar-refractivity contribution < 1.29 is 19.1 Å². The maximum Gasteiger partial charge on any atom is 0.327 e. The van der Waals surface area contributed by atoms with Crippen LogP contribution in [0, 0.1) is 0 Å². The number of benzene rings is 2. The lowest BCUT2D eigenvalue weighted by Crippen LogP contribution is -2.56. The predicted octanol–water partition coefficient (Wildman–Crippen LogP) is 3.69. The number of methoxy groups -OCH3 is 2. The third kappa shape index (κ3) is 4.66. The third-order valence-corrected chi connectivity index (χ3v) is 7.00. The van der Waals surface area contributed by atoms with E-state index in [1.54, 1.807) is 21.3 Å². The number of ether oxygens (including phenoxy) is 2. The van der Waals surface area contributed by atoms with E-state index in [0.717, 1.165) is 42.3 Å². The number of urea groups is 1. The fourth-order valence-corrected chi connectivity index (χ4v) is 4.94. The highest BCUT2D eigenvalue weighted by Crippen LogP contribution is 2.37. The number of likely N-dealkylation sites (tertiary alicyclic amines) is 1. The lowest BCUT2D eigenvalue weighted by Gasteiger charge is -2.42. The number of para-hydroxylation sites is 1. The first kappa shape index (κ1) is 23.8. The molecule has 0 bridgehead atoms. The highest BCUT2D eigenvalue weighted by molar-refractivity contribution is 6.06. The molecule has 0 aromatic heterocycles. The molecule has 1 spiro atoms. The van der Waals surface area contributed by atoms with Crippen LogP contribution in [0.25, 0.3) is 6.08 Å². The first-order valence-electron chi connectivity index (χ1n) is 11.7. The normalized spacial score (nSPS) is 18.3. The molecule has 34 heavy (non-hydrogen) atoms. The van der Waals surface area contributed by atoms with Crippen LogP contribution in [0.5, 0.6) is 11.5 Å². The van der Waals surface area contributed by atoms with Gasteiger partial charge in [-0.1, -0.05) is 42.5 Å². The van der Waals surface area contributed by atoms with E-state index in [2.05, 4.69) is 17.1 Å².